The molecule has 0 aromatic heterocycles. The summed E-state index contributed by atoms with van der Waals surface area (Å²) >= 11 is 0. The lowest BCUT2D eigenvalue weighted by Gasteiger charge is -2.14. The van der Waals surface area contributed by atoms with Crippen LogP contribution in [0.4, 0.5) is 11.4 Å². The van der Waals surface area contributed by atoms with Crippen LogP contribution in [0, 0.1) is 22.0 Å². The highest BCUT2D eigenvalue weighted by Gasteiger charge is 2.46. The number of non-ortho nitro benzene ring substituents is 1. The first-order valence-electron chi connectivity index (χ1n) is 8.02. The number of benzene rings is 1. The first kappa shape index (κ1) is 16.8. The Hall–Kier alpha value is -3.03. The first-order valence-corrected chi connectivity index (χ1v) is 8.02. The van der Waals surface area contributed by atoms with Crippen LogP contribution in [0.3, 0.4) is 0 Å². The molecule has 8 heteroatoms. The standard InChI is InChI=1S/C17H17N3O5/c21-15(18-11-4-3-5-12(10-11)20(24)25)8-9-19-16(22)13-6-1-2-7-14(13)17(19)23/h1-5,10,13-14H,6-9H2,(H,18,21)/t13-,14-/m0/s1. The topological polar surface area (TPSA) is 110 Å². The van der Waals surface area contributed by atoms with Crippen LogP contribution >= 0.6 is 0 Å². The molecular weight excluding hydrogens is 326 g/mol. The third kappa shape index (κ3) is 3.42. The van der Waals surface area contributed by atoms with E-state index < -0.39 is 10.8 Å². The lowest BCUT2D eigenvalue weighted by molar-refractivity contribution is -0.384. The van der Waals surface area contributed by atoms with Crippen molar-refractivity contribution in [1.29, 1.82) is 0 Å². The number of hydrogen-bond donors (Lipinski definition) is 1. The molecule has 130 valence electrons. The summed E-state index contributed by atoms with van der Waals surface area (Å²) in [6.45, 7) is 0.0193. The molecule has 1 N–H and O–H groups in total. The number of anilines is 1. The zero-order valence-electron chi connectivity index (χ0n) is 13.4. The zero-order valence-corrected chi connectivity index (χ0v) is 13.4. The maximum atomic E-state index is 12.3. The third-order valence-corrected chi connectivity index (χ3v) is 4.50. The van der Waals surface area contributed by atoms with Gasteiger partial charge in [0.05, 0.1) is 16.8 Å². The van der Waals surface area contributed by atoms with Gasteiger partial charge in [-0.3, -0.25) is 29.4 Å². The summed E-state index contributed by atoms with van der Waals surface area (Å²) in [5, 5.41) is 13.3. The molecule has 0 spiro atoms. The van der Waals surface area contributed by atoms with Crippen LogP contribution in [-0.2, 0) is 14.4 Å². The summed E-state index contributed by atoms with van der Waals surface area (Å²) in [7, 11) is 0. The quantitative estimate of drug-likeness (QED) is 0.380. The fraction of sp³-hybridized carbons (Fsp3) is 0.353. The number of amides is 3. The number of carbonyl (C=O) groups is 3. The van der Waals surface area contributed by atoms with E-state index in [4.69, 9.17) is 0 Å². The van der Waals surface area contributed by atoms with Gasteiger partial charge in [-0.15, -0.1) is 0 Å². The van der Waals surface area contributed by atoms with Gasteiger partial charge in [-0.1, -0.05) is 18.2 Å². The highest BCUT2D eigenvalue weighted by molar-refractivity contribution is 6.05. The average molecular weight is 343 g/mol. The summed E-state index contributed by atoms with van der Waals surface area (Å²) < 4.78 is 0. The van der Waals surface area contributed by atoms with Crippen molar-refractivity contribution >= 4 is 29.1 Å². The molecule has 3 rings (SSSR count). The van der Waals surface area contributed by atoms with Crippen molar-refractivity contribution < 1.29 is 19.3 Å². The van der Waals surface area contributed by atoms with Crippen molar-refractivity contribution in [3.05, 3.63) is 46.5 Å². The van der Waals surface area contributed by atoms with Gasteiger partial charge in [0, 0.05) is 30.8 Å². The number of nitrogens with zero attached hydrogens (tertiary/aromatic N) is 2. The number of imide groups is 1. The van der Waals surface area contributed by atoms with E-state index in [0.29, 0.717) is 18.5 Å². The lowest BCUT2D eigenvalue weighted by atomic mass is 9.85. The number of nitro groups is 1. The van der Waals surface area contributed by atoms with Crippen LogP contribution in [0.1, 0.15) is 19.3 Å². The van der Waals surface area contributed by atoms with Crippen molar-refractivity contribution in [3.8, 4) is 0 Å². The highest BCUT2D eigenvalue weighted by atomic mass is 16.6. The molecule has 1 fully saturated rings. The van der Waals surface area contributed by atoms with E-state index in [9.17, 15) is 24.5 Å². The van der Waals surface area contributed by atoms with Crippen LogP contribution < -0.4 is 5.32 Å². The largest absolute Gasteiger partial charge is 0.326 e. The summed E-state index contributed by atoms with van der Waals surface area (Å²) in [4.78, 5) is 48.0. The van der Waals surface area contributed by atoms with Gasteiger partial charge in [0.2, 0.25) is 17.7 Å². The second-order valence-electron chi connectivity index (χ2n) is 6.09. The molecule has 2 aliphatic rings. The molecule has 2 atom stereocenters. The van der Waals surface area contributed by atoms with Gasteiger partial charge in [-0.05, 0) is 18.9 Å². The summed E-state index contributed by atoms with van der Waals surface area (Å²) in [6, 6.07) is 5.59. The first-order chi connectivity index (χ1) is 12.0. The van der Waals surface area contributed by atoms with E-state index in [1.165, 1.54) is 24.3 Å². The van der Waals surface area contributed by atoms with Crippen molar-refractivity contribution in [2.45, 2.75) is 19.3 Å². The predicted molar refractivity (Wildman–Crippen MR) is 88.4 cm³/mol. The Morgan fingerprint density at radius 3 is 2.44 bits per heavy atom. The number of likely N-dealkylation sites (tertiary alicyclic amines) is 1. The number of fused-ring (bicyclic) bond motifs is 1. The molecule has 1 aliphatic carbocycles. The van der Waals surface area contributed by atoms with E-state index in [1.807, 2.05) is 12.2 Å². The molecular formula is C17H17N3O5. The highest BCUT2D eigenvalue weighted by Crippen LogP contribution is 2.35. The van der Waals surface area contributed by atoms with Crippen molar-refractivity contribution in [1.82, 2.24) is 4.90 Å². The minimum Gasteiger partial charge on any atom is -0.326 e. The van der Waals surface area contributed by atoms with Crippen LogP contribution in [0.25, 0.3) is 0 Å². The molecule has 0 bridgehead atoms. The molecule has 1 saturated heterocycles. The number of rotatable bonds is 5. The molecule has 1 heterocycles. The van der Waals surface area contributed by atoms with Crippen LogP contribution in [0.5, 0.6) is 0 Å². The minimum atomic E-state index is -0.549. The molecule has 0 radical (unpaired) electrons. The lowest BCUT2D eigenvalue weighted by Crippen LogP contribution is -2.34. The Bertz CT molecular complexity index is 747. The van der Waals surface area contributed by atoms with E-state index >= 15 is 0 Å². The molecule has 1 aromatic rings. The number of hydrogen-bond acceptors (Lipinski definition) is 5. The maximum absolute atomic E-state index is 12.3. The SMILES string of the molecule is O=C(CCN1C(=O)[C@H]2CC=CC[C@@H]2C1=O)Nc1cccc([N+](=O)[O-])c1. The number of nitrogens with one attached hydrogen (secondary N) is 1. The van der Waals surface area contributed by atoms with Crippen LogP contribution in [0.15, 0.2) is 36.4 Å². The summed E-state index contributed by atoms with van der Waals surface area (Å²) in [5.41, 5.74) is 0.176. The molecule has 25 heavy (non-hydrogen) atoms. The molecule has 0 unspecified atom stereocenters. The normalized spacial score (nSPS) is 22.0. The van der Waals surface area contributed by atoms with Gasteiger partial charge in [0.1, 0.15) is 0 Å². The number of nitro benzene ring substituents is 1. The van der Waals surface area contributed by atoms with Crippen molar-refractivity contribution in [2.75, 3.05) is 11.9 Å². The Balaban J connectivity index is 1.58. The Kier molecular flexibility index (Phi) is 4.60. The Morgan fingerprint density at radius 1 is 1.20 bits per heavy atom. The van der Waals surface area contributed by atoms with E-state index in [1.54, 1.807) is 0 Å². The molecule has 1 aromatic carbocycles. The third-order valence-electron chi connectivity index (χ3n) is 4.50. The molecule has 8 nitrogen and oxygen atoms in total. The van der Waals surface area contributed by atoms with Gasteiger partial charge < -0.3 is 5.32 Å². The Labute approximate surface area is 143 Å². The summed E-state index contributed by atoms with van der Waals surface area (Å²) in [6.07, 6.45) is 4.89. The second-order valence-corrected chi connectivity index (χ2v) is 6.09. The molecule has 0 saturated carbocycles. The van der Waals surface area contributed by atoms with Gasteiger partial charge in [0.25, 0.3) is 5.69 Å². The van der Waals surface area contributed by atoms with E-state index in [0.717, 1.165) is 4.90 Å². The van der Waals surface area contributed by atoms with Gasteiger partial charge in [0.15, 0.2) is 0 Å². The van der Waals surface area contributed by atoms with Crippen molar-refractivity contribution in [2.24, 2.45) is 11.8 Å². The van der Waals surface area contributed by atoms with Crippen LogP contribution in [-0.4, -0.2) is 34.1 Å². The zero-order chi connectivity index (χ0) is 18.0. The number of allylic oxidation sites excluding steroid dienone is 2. The smallest absolute Gasteiger partial charge is 0.271 e. The second kappa shape index (κ2) is 6.84. The van der Waals surface area contributed by atoms with Gasteiger partial charge >= 0.3 is 0 Å². The van der Waals surface area contributed by atoms with Gasteiger partial charge in [-0.2, -0.15) is 0 Å². The monoisotopic (exact) mass is 343 g/mol. The fourth-order valence-electron chi connectivity index (χ4n) is 3.22. The Morgan fingerprint density at radius 2 is 1.84 bits per heavy atom. The van der Waals surface area contributed by atoms with Crippen molar-refractivity contribution in [3.63, 3.8) is 0 Å². The number of carbonyl (C=O) groups excluding carboxylic acids is 3. The summed E-state index contributed by atoms with van der Waals surface area (Å²) in [5.74, 6) is -1.46. The van der Waals surface area contributed by atoms with Gasteiger partial charge in [-0.25, -0.2) is 0 Å². The average Bonchev–Trinajstić information content (AvgIpc) is 2.85. The minimum absolute atomic E-state index is 0.0193. The maximum Gasteiger partial charge on any atom is 0.271 e. The molecule has 3 amide bonds. The molecule has 1 aliphatic heterocycles. The fourth-order valence-corrected chi connectivity index (χ4v) is 3.22. The predicted octanol–water partition coefficient (Wildman–Crippen LogP) is 1.87. The van der Waals surface area contributed by atoms with E-state index in [-0.39, 0.29) is 42.3 Å². The van der Waals surface area contributed by atoms with E-state index in [2.05, 4.69) is 5.32 Å². The van der Waals surface area contributed by atoms with Crippen LogP contribution in [0.2, 0.25) is 0 Å².